The molecule has 0 spiro atoms. The number of pyridine rings is 3. The van der Waals surface area contributed by atoms with Crippen molar-refractivity contribution in [2.45, 2.75) is 51.2 Å². The van der Waals surface area contributed by atoms with Gasteiger partial charge >= 0.3 is 0 Å². The van der Waals surface area contributed by atoms with Gasteiger partial charge in [-0.3, -0.25) is 14.8 Å². The summed E-state index contributed by atoms with van der Waals surface area (Å²) >= 11 is 2.26. The molecule has 0 radical (unpaired) electrons. The lowest BCUT2D eigenvalue weighted by molar-refractivity contribution is -0.200. The molecule has 0 saturated carbocycles. The molecule has 6 aromatic carbocycles. The molecule has 19 nitrogen and oxygen atoms in total. The van der Waals surface area contributed by atoms with Gasteiger partial charge in [0.05, 0.1) is 24.9 Å². The molecule has 1 aliphatic rings. The number of allylic oxidation sites excluding steroid dienone is 2. The number of anilines is 6. The molecular weight excluding hydrogens is 1270 g/mol. The van der Waals surface area contributed by atoms with Crippen molar-refractivity contribution >= 4 is 143 Å². The number of para-hydroxylation sites is 3. The highest BCUT2D eigenvalue weighted by Crippen LogP contribution is 2.39. The molecule has 0 bridgehead atoms. The van der Waals surface area contributed by atoms with Crippen molar-refractivity contribution in [2.75, 3.05) is 63.8 Å². The van der Waals surface area contributed by atoms with E-state index in [0.29, 0.717) is 49.1 Å². The number of methoxy groups -OCH3 is 3. The number of hydrogen-bond donors (Lipinski definition) is 3. The lowest BCUT2D eigenvalue weighted by Crippen LogP contribution is -2.32. The van der Waals surface area contributed by atoms with E-state index in [1.54, 1.807) is 38.9 Å². The van der Waals surface area contributed by atoms with E-state index in [9.17, 15) is 9.59 Å². The molecule has 460 valence electrons. The number of halogens is 2. The van der Waals surface area contributed by atoms with Gasteiger partial charge in [-0.1, -0.05) is 80.4 Å². The van der Waals surface area contributed by atoms with Gasteiger partial charge in [0.15, 0.2) is 22.8 Å². The first-order valence-corrected chi connectivity index (χ1v) is 29.4. The fourth-order valence-corrected chi connectivity index (χ4v) is 10.4. The van der Waals surface area contributed by atoms with Gasteiger partial charge in [-0.15, -0.1) is 27.4 Å². The molecule has 2 amide bonds. The average Bonchev–Trinajstić information content (AvgIpc) is 1.19. The van der Waals surface area contributed by atoms with E-state index in [0.717, 1.165) is 112 Å². The number of aromatic nitrogens is 3. The van der Waals surface area contributed by atoms with Crippen LogP contribution in [0.5, 0.6) is 17.2 Å². The summed E-state index contributed by atoms with van der Waals surface area (Å²) in [7, 11) is 10.8. The molecule has 1 unspecified atom stereocenters. The van der Waals surface area contributed by atoms with Gasteiger partial charge < -0.3 is 48.2 Å². The topological polar surface area (TPSA) is 186 Å². The third-order valence-electron chi connectivity index (χ3n) is 14.4. The third kappa shape index (κ3) is 17.5. The van der Waals surface area contributed by atoms with Crippen LogP contribution in [0.15, 0.2) is 158 Å². The van der Waals surface area contributed by atoms with Crippen LogP contribution in [0.2, 0.25) is 0 Å². The molecule has 10 rings (SSSR count). The van der Waals surface area contributed by atoms with Crippen molar-refractivity contribution in [1.29, 1.82) is 0 Å². The van der Waals surface area contributed by atoms with Crippen molar-refractivity contribution in [2.24, 2.45) is 0 Å². The van der Waals surface area contributed by atoms with Gasteiger partial charge in [0.2, 0.25) is 11.8 Å². The number of nitrogens with zero attached hydrogens (tertiary/aromatic N) is 9. The van der Waals surface area contributed by atoms with Crippen LogP contribution in [0.25, 0.3) is 59.4 Å². The van der Waals surface area contributed by atoms with Crippen LogP contribution >= 0.6 is 35.0 Å². The van der Waals surface area contributed by atoms with E-state index >= 15 is 0 Å². The summed E-state index contributed by atoms with van der Waals surface area (Å²) < 4.78 is 22.8. The first-order chi connectivity index (χ1) is 43.3. The smallest absolute Gasteiger partial charge is 0.272 e. The van der Waals surface area contributed by atoms with Crippen molar-refractivity contribution in [3.63, 3.8) is 0 Å². The third-order valence-corrected chi connectivity index (χ3v) is 15.3. The quantitative estimate of drug-likeness (QED) is 0.0300. The summed E-state index contributed by atoms with van der Waals surface area (Å²) in [5.41, 5.74) is 13.8. The number of rotatable bonds is 19. The second-order valence-corrected chi connectivity index (χ2v) is 21.3. The van der Waals surface area contributed by atoms with Crippen molar-refractivity contribution in [3.05, 3.63) is 207 Å². The minimum atomic E-state index is -0.430. The first kappa shape index (κ1) is 67.6. The number of hydrogen-bond acceptors (Lipinski definition) is 14. The molecule has 3 N–H and O–H groups in total. The van der Waals surface area contributed by atoms with E-state index in [1.165, 1.54) is 0 Å². The highest BCUT2D eigenvalue weighted by atomic mass is 127. The summed E-state index contributed by atoms with van der Waals surface area (Å²) in [6, 6.07) is 46.5. The van der Waals surface area contributed by atoms with Crippen molar-refractivity contribution in [3.8, 4) is 17.2 Å². The average molecular weight is 1340 g/mol. The lowest BCUT2D eigenvalue weighted by atomic mass is 10.1. The molecule has 1 saturated heterocycles. The van der Waals surface area contributed by atoms with Crippen LogP contribution in [0.4, 0.5) is 51.6 Å². The van der Waals surface area contributed by atoms with Crippen molar-refractivity contribution < 1.29 is 38.6 Å². The Balaban J connectivity index is 0.000000195. The number of carbonyl (C=O) groups is 2. The minimum absolute atomic E-state index is 0. The lowest BCUT2D eigenvalue weighted by Gasteiger charge is -2.22. The molecule has 0 aliphatic carbocycles. The van der Waals surface area contributed by atoms with E-state index in [1.807, 2.05) is 183 Å². The van der Waals surface area contributed by atoms with Gasteiger partial charge in [-0.25, -0.2) is 15.8 Å². The zero-order valence-corrected chi connectivity index (χ0v) is 53.5. The van der Waals surface area contributed by atoms with Gasteiger partial charge in [0.1, 0.15) is 17.2 Å². The highest BCUT2D eigenvalue weighted by molar-refractivity contribution is 14.1. The summed E-state index contributed by atoms with van der Waals surface area (Å²) in [5.74, 6) is 2.75. The van der Waals surface area contributed by atoms with E-state index in [2.05, 4.69) is 68.5 Å². The Hall–Kier alpha value is -9.86. The Morgan fingerprint density at radius 1 is 0.589 bits per heavy atom. The van der Waals surface area contributed by atoms with Crippen LogP contribution in [0.3, 0.4) is 0 Å². The van der Waals surface area contributed by atoms with Crippen LogP contribution in [0, 0.1) is 23.3 Å². The van der Waals surface area contributed by atoms with E-state index in [4.69, 9.17) is 48.7 Å². The molecule has 3 aromatic heterocycles. The maximum atomic E-state index is 12.1. The number of ether oxygens (including phenoxy) is 4. The molecule has 1 fully saturated rings. The summed E-state index contributed by atoms with van der Waals surface area (Å²) in [4.78, 5) is 58.4. The second kappa shape index (κ2) is 33.5. The standard InChI is InChI=1S/C28H30N4O4.C23H22N4O3.C18H14IN3O.ClH/c1-29-26-19-24(22-11-5-6-12-23(22)30-26)32(2)21-15-16-25(34-3)20(18-21)10-4-7-13-27(33)31-36-28-14-8-9-17-35-28;1-24-22-15-20(18-9-5-6-10-19(18)25-22)27(2)17-12-13-21(30-3)16(14-17)8-4-7-11-23(28)26-29;1-20-18-11-16(13-6-4-5-7-15(13)21-18)22(2)12-8-9-17(23-3)14(19)10-12;/h4-6,10-12,15-16,18-19,28H,7-9,13-14,17H2,2-3H3,(H,31,33);4-6,8-10,12-15,29H,7,11H2,2-3H3,(H,26,28);4-11H,2-3H3;1H/b10-4+;8-4+;;. The number of nitrogens with one attached hydrogen (secondary N) is 2. The molecule has 9 aromatic rings. The van der Waals surface area contributed by atoms with E-state index < -0.39 is 5.91 Å². The first-order valence-electron chi connectivity index (χ1n) is 28.3. The van der Waals surface area contributed by atoms with Gasteiger partial charge in [-0.05, 0) is 157 Å². The number of benzene rings is 6. The number of fused-ring (bicyclic) bond motifs is 3. The van der Waals surface area contributed by atoms with Gasteiger partial charge in [0.25, 0.3) is 17.5 Å². The molecule has 1 aliphatic heterocycles. The van der Waals surface area contributed by atoms with Crippen LogP contribution in [-0.2, 0) is 19.2 Å². The minimum Gasteiger partial charge on any atom is -0.496 e. The largest absolute Gasteiger partial charge is 0.496 e. The van der Waals surface area contributed by atoms with Crippen LogP contribution < -0.4 is 39.9 Å². The summed E-state index contributed by atoms with van der Waals surface area (Å²) in [5, 5.41) is 11.5. The molecular formula is C69H67ClIN11O8. The number of amides is 2. The maximum absolute atomic E-state index is 12.1. The zero-order valence-electron chi connectivity index (χ0n) is 50.5. The Labute approximate surface area is 543 Å². The SMILES string of the molecule is Cl.[C-]#[N+]c1cc(N(C)c2ccc(OC)c(/C=C/CCC(=O)NO)c2)c2ccccc2n1.[C-]#[N+]c1cc(N(C)c2ccc(OC)c(/C=C/CCC(=O)NOC3CCCCO3)c2)c2ccccc2n1.[C-]#[N+]c1cc(N(C)c2ccc(OC)c(I)c2)c2ccccc2n1. The number of carbonyl (C=O) groups excluding carboxylic acids is 2. The fraction of sp³-hybridized carbons (Fsp3) is 0.217. The van der Waals surface area contributed by atoms with Crippen molar-refractivity contribution in [1.82, 2.24) is 25.9 Å². The molecule has 90 heavy (non-hydrogen) atoms. The Bertz CT molecular complexity index is 4180. The number of hydroxylamine groups is 2. The van der Waals surface area contributed by atoms with Crippen LogP contribution in [0.1, 0.15) is 56.1 Å². The second-order valence-electron chi connectivity index (χ2n) is 20.1. The van der Waals surface area contributed by atoms with Crippen LogP contribution in [-0.4, -0.2) is 87.3 Å². The predicted molar refractivity (Wildman–Crippen MR) is 366 cm³/mol. The van der Waals surface area contributed by atoms with E-state index in [-0.39, 0.29) is 31.0 Å². The summed E-state index contributed by atoms with van der Waals surface area (Å²) in [6.45, 7) is 22.7. The van der Waals surface area contributed by atoms with Gasteiger partial charge in [0, 0.05) is 108 Å². The summed E-state index contributed by atoms with van der Waals surface area (Å²) in [6.07, 6.45) is 11.7. The molecule has 1 atom stereocenters. The highest BCUT2D eigenvalue weighted by Gasteiger charge is 2.19. The molecule has 4 heterocycles. The Morgan fingerprint density at radius 3 is 1.37 bits per heavy atom. The predicted octanol–water partition coefficient (Wildman–Crippen LogP) is 16.4. The van der Waals surface area contributed by atoms with Gasteiger partial charge in [-0.2, -0.15) is 0 Å². The zero-order chi connectivity index (χ0) is 63.2. The Kier molecular flexibility index (Phi) is 25.2. The Morgan fingerprint density at radius 2 is 0.989 bits per heavy atom. The monoisotopic (exact) mass is 1340 g/mol. The fourth-order valence-electron chi connectivity index (χ4n) is 9.73. The normalized spacial score (nSPS) is 12.4. The molecule has 21 heteroatoms. The maximum Gasteiger partial charge on any atom is 0.272 e.